The Balaban J connectivity index is 2.09. The maximum Gasteiger partial charge on any atom is 0.221 e. The van der Waals surface area contributed by atoms with Gasteiger partial charge in [0.1, 0.15) is 0 Å². The molecule has 1 unspecified atom stereocenters. The summed E-state index contributed by atoms with van der Waals surface area (Å²) in [4.78, 5) is 13.7. The van der Waals surface area contributed by atoms with Crippen LogP contribution < -0.4 is 15.5 Å². The summed E-state index contributed by atoms with van der Waals surface area (Å²) >= 11 is 3.68. The van der Waals surface area contributed by atoms with E-state index in [1.54, 1.807) is 0 Å². The predicted octanol–water partition coefficient (Wildman–Crippen LogP) is 2.84. The van der Waals surface area contributed by atoms with E-state index in [4.69, 9.17) is 0 Å². The van der Waals surface area contributed by atoms with Gasteiger partial charge in [-0.2, -0.15) is 0 Å². The van der Waals surface area contributed by atoms with Crippen molar-refractivity contribution >= 4 is 27.5 Å². The van der Waals surface area contributed by atoms with Gasteiger partial charge in [-0.05, 0) is 53.5 Å². The minimum atomic E-state index is 0.141. The van der Waals surface area contributed by atoms with Gasteiger partial charge < -0.3 is 15.5 Å². The van der Waals surface area contributed by atoms with Crippen LogP contribution >= 0.6 is 15.9 Å². The van der Waals surface area contributed by atoms with Crippen LogP contribution in [-0.2, 0) is 4.79 Å². The fourth-order valence-corrected chi connectivity index (χ4v) is 3.18. The normalized spacial score (nSPS) is 17.3. The van der Waals surface area contributed by atoms with Crippen molar-refractivity contribution in [1.82, 2.24) is 10.6 Å². The van der Waals surface area contributed by atoms with E-state index in [2.05, 4.69) is 63.5 Å². The second-order valence-electron chi connectivity index (χ2n) is 5.47. The zero-order valence-electron chi connectivity index (χ0n) is 12.8. The topological polar surface area (TPSA) is 44.4 Å². The van der Waals surface area contributed by atoms with Gasteiger partial charge in [-0.3, -0.25) is 4.79 Å². The smallest absolute Gasteiger partial charge is 0.221 e. The van der Waals surface area contributed by atoms with Gasteiger partial charge >= 0.3 is 0 Å². The van der Waals surface area contributed by atoms with Crippen LogP contribution in [-0.4, -0.2) is 32.1 Å². The highest BCUT2D eigenvalue weighted by molar-refractivity contribution is 9.10. The average Bonchev–Trinajstić information content (AvgIpc) is 2.69. The van der Waals surface area contributed by atoms with Crippen LogP contribution in [0.1, 0.15) is 38.3 Å². The number of benzene rings is 1. The van der Waals surface area contributed by atoms with Crippen molar-refractivity contribution in [3.05, 3.63) is 28.2 Å². The lowest BCUT2D eigenvalue weighted by molar-refractivity contribution is -0.120. The minimum absolute atomic E-state index is 0.141. The van der Waals surface area contributed by atoms with E-state index in [9.17, 15) is 4.79 Å². The summed E-state index contributed by atoms with van der Waals surface area (Å²) in [5.41, 5.74) is 2.45. The molecule has 21 heavy (non-hydrogen) atoms. The number of hydrogen-bond donors (Lipinski definition) is 2. The number of amides is 1. The van der Waals surface area contributed by atoms with Crippen LogP contribution in [0, 0.1) is 0 Å². The van der Waals surface area contributed by atoms with Crippen LogP contribution in [0.4, 0.5) is 5.69 Å². The van der Waals surface area contributed by atoms with E-state index in [1.165, 1.54) is 5.56 Å². The summed E-state index contributed by atoms with van der Waals surface area (Å²) < 4.78 is 1.10. The molecule has 1 fully saturated rings. The molecule has 1 heterocycles. The van der Waals surface area contributed by atoms with Gasteiger partial charge in [0.2, 0.25) is 5.91 Å². The third kappa shape index (κ3) is 4.45. The maximum absolute atomic E-state index is 11.4. The number of carbonyl (C=O) groups excluding carboxylic acids is 1. The van der Waals surface area contributed by atoms with Crippen LogP contribution in [0.2, 0.25) is 0 Å². The lowest BCUT2D eigenvalue weighted by Gasteiger charge is -2.24. The van der Waals surface area contributed by atoms with Crippen LogP contribution in [0.3, 0.4) is 0 Å². The Bertz CT molecular complexity index is 492. The molecular weight excluding hydrogens is 330 g/mol. The highest BCUT2D eigenvalue weighted by atomic mass is 79.9. The third-order valence-electron chi connectivity index (χ3n) is 3.83. The molecule has 1 aliphatic rings. The summed E-state index contributed by atoms with van der Waals surface area (Å²) in [5.74, 6) is 0.141. The molecule has 2 rings (SSSR count). The zero-order valence-corrected chi connectivity index (χ0v) is 14.4. The van der Waals surface area contributed by atoms with Crippen molar-refractivity contribution in [2.24, 2.45) is 0 Å². The SMILES string of the molecule is CCCNC(C)c1ccc(N2CCNC(=O)CC2)c(Br)c1. The van der Waals surface area contributed by atoms with E-state index in [0.717, 1.165) is 36.2 Å². The zero-order chi connectivity index (χ0) is 15.2. The monoisotopic (exact) mass is 353 g/mol. The van der Waals surface area contributed by atoms with E-state index in [-0.39, 0.29) is 5.91 Å². The molecule has 1 aromatic rings. The van der Waals surface area contributed by atoms with Gasteiger partial charge in [0, 0.05) is 36.6 Å². The summed E-state index contributed by atoms with van der Waals surface area (Å²) in [6.07, 6.45) is 1.70. The molecule has 5 heteroatoms. The Morgan fingerprint density at radius 3 is 2.95 bits per heavy atom. The maximum atomic E-state index is 11.4. The second kappa shape index (κ2) is 7.80. The molecule has 1 aliphatic heterocycles. The van der Waals surface area contributed by atoms with Crippen LogP contribution in [0.25, 0.3) is 0 Å². The molecule has 1 amide bonds. The van der Waals surface area contributed by atoms with Gasteiger partial charge in [0.15, 0.2) is 0 Å². The third-order valence-corrected chi connectivity index (χ3v) is 4.46. The first-order valence-corrected chi connectivity index (χ1v) is 8.45. The predicted molar refractivity (Wildman–Crippen MR) is 90.7 cm³/mol. The Hall–Kier alpha value is -1.07. The summed E-state index contributed by atoms with van der Waals surface area (Å²) in [6, 6.07) is 6.86. The molecule has 4 nitrogen and oxygen atoms in total. The molecule has 116 valence electrons. The minimum Gasteiger partial charge on any atom is -0.368 e. The highest BCUT2D eigenvalue weighted by Gasteiger charge is 2.16. The van der Waals surface area contributed by atoms with Crippen molar-refractivity contribution in [3.8, 4) is 0 Å². The van der Waals surface area contributed by atoms with Gasteiger partial charge in [0.25, 0.3) is 0 Å². The van der Waals surface area contributed by atoms with E-state index < -0.39 is 0 Å². The van der Waals surface area contributed by atoms with Gasteiger partial charge in [-0.1, -0.05) is 13.0 Å². The Morgan fingerprint density at radius 2 is 2.24 bits per heavy atom. The van der Waals surface area contributed by atoms with Gasteiger partial charge in [-0.25, -0.2) is 0 Å². The lowest BCUT2D eigenvalue weighted by atomic mass is 10.1. The molecule has 0 aliphatic carbocycles. The molecule has 1 saturated heterocycles. The van der Waals surface area contributed by atoms with Crippen molar-refractivity contribution in [2.45, 2.75) is 32.7 Å². The summed E-state index contributed by atoms with van der Waals surface area (Å²) in [6.45, 7) is 7.72. The van der Waals surface area contributed by atoms with Crippen LogP contribution in [0.5, 0.6) is 0 Å². The first-order chi connectivity index (χ1) is 10.1. The largest absolute Gasteiger partial charge is 0.368 e. The molecule has 1 aromatic carbocycles. The molecule has 1 atom stereocenters. The van der Waals surface area contributed by atoms with Gasteiger partial charge in [-0.15, -0.1) is 0 Å². The quantitative estimate of drug-likeness (QED) is 0.855. The lowest BCUT2D eigenvalue weighted by Crippen LogP contribution is -2.28. The fourth-order valence-electron chi connectivity index (χ4n) is 2.54. The molecule has 0 radical (unpaired) electrons. The summed E-state index contributed by atoms with van der Waals surface area (Å²) in [7, 11) is 0. The molecule has 0 bridgehead atoms. The molecule has 0 saturated carbocycles. The number of hydrogen-bond acceptors (Lipinski definition) is 3. The molecular formula is C16H24BrN3O. The molecule has 0 aromatic heterocycles. The van der Waals surface area contributed by atoms with Crippen LogP contribution in [0.15, 0.2) is 22.7 Å². The second-order valence-corrected chi connectivity index (χ2v) is 6.33. The first kappa shape index (κ1) is 16.3. The Labute approximate surface area is 135 Å². The number of anilines is 1. The van der Waals surface area contributed by atoms with E-state index >= 15 is 0 Å². The first-order valence-electron chi connectivity index (χ1n) is 7.66. The number of halogens is 1. The highest BCUT2D eigenvalue weighted by Crippen LogP contribution is 2.29. The Morgan fingerprint density at radius 1 is 1.43 bits per heavy atom. The molecule has 2 N–H and O–H groups in total. The van der Waals surface area contributed by atoms with Crippen molar-refractivity contribution in [1.29, 1.82) is 0 Å². The average molecular weight is 354 g/mol. The van der Waals surface area contributed by atoms with Crippen molar-refractivity contribution in [2.75, 3.05) is 31.1 Å². The fraction of sp³-hybridized carbons (Fsp3) is 0.562. The Kier molecular flexibility index (Phi) is 6.06. The number of rotatable bonds is 5. The van der Waals surface area contributed by atoms with E-state index in [0.29, 0.717) is 19.0 Å². The summed E-state index contributed by atoms with van der Waals surface area (Å²) in [5, 5.41) is 6.41. The van der Waals surface area contributed by atoms with Crippen molar-refractivity contribution in [3.63, 3.8) is 0 Å². The van der Waals surface area contributed by atoms with Crippen molar-refractivity contribution < 1.29 is 4.79 Å². The number of carbonyl (C=O) groups is 1. The van der Waals surface area contributed by atoms with Gasteiger partial charge in [0.05, 0.1) is 5.69 Å². The standard InChI is InChI=1S/C16H24BrN3O/c1-3-7-18-12(2)13-4-5-15(14(17)11-13)20-9-6-16(21)19-8-10-20/h4-5,11-12,18H,3,6-10H2,1-2H3,(H,19,21). The van der Waals surface area contributed by atoms with E-state index in [1.807, 2.05) is 0 Å². The number of nitrogens with zero attached hydrogens (tertiary/aromatic N) is 1. The molecule has 0 spiro atoms. The number of nitrogens with one attached hydrogen (secondary N) is 2.